The van der Waals surface area contributed by atoms with E-state index < -0.39 is 11.7 Å². The maximum Gasteiger partial charge on any atom is 0.416 e. The number of anilines is 1. The van der Waals surface area contributed by atoms with Gasteiger partial charge in [0.15, 0.2) is 5.82 Å². The molecule has 0 aliphatic rings. The van der Waals surface area contributed by atoms with Crippen LogP contribution >= 0.6 is 12.4 Å². The monoisotopic (exact) mass is 482 g/mol. The van der Waals surface area contributed by atoms with E-state index in [1.165, 1.54) is 0 Å². The molecule has 0 fully saturated rings. The van der Waals surface area contributed by atoms with Gasteiger partial charge < -0.3 is 9.64 Å². The Balaban J connectivity index is 0.00000385. The third-order valence-corrected chi connectivity index (χ3v) is 5.53. The molecule has 0 bridgehead atoms. The number of methoxy groups -OCH3 is 1. The smallest absolute Gasteiger partial charge is 0.416 e. The molecule has 0 unspecified atom stereocenters. The SMILES string of the molecule is CCCN(c1nc(-c2ccc(OC)cc2C)n(C)n1)[C@@H](CC)c1ccc(C(F)(F)F)cc1.Cl. The second kappa shape index (κ2) is 10.9. The molecule has 2 aromatic carbocycles. The fraction of sp³-hybridized carbons (Fsp3) is 0.417. The van der Waals surface area contributed by atoms with Gasteiger partial charge in [-0.3, -0.25) is 0 Å². The van der Waals surface area contributed by atoms with Crippen molar-refractivity contribution >= 4 is 18.4 Å². The molecule has 9 heteroatoms. The molecule has 33 heavy (non-hydrogen) atoms. The first-order valence-electron chi connectivity index (χ1n) is 10.7. The molecule has 0 N–H and O–H groups in total. The number of hydrogen-bond acceptors (Lipinski definition) is 4. The number of nitrogens with zero attached hydrogens (tertiary/aromatic N) is 4. The Labute approximate surface area is 199 Å². The van der Waals surface area contributed by atoms with Gasteiger partial charge in [0, 0.05) is 19.2 Å². The van der Waals surface area contributed by atoms with Gasteiger partial charge in [0.1, 0.15) is 5.75 Å². The summed E-state index contributed by atoms with van der Waals surface area (Å²) in [7, 11) is 3.47. The average molecular weight is 483 g/mol. The van der Waals surface area contributed by atoms with E-state index >= 15 is 0 Å². The Morgan fingerprint density at radius 3 is 2.27 bits per heavy atom. The third kappa shape index (κ3) is 5.79. The molecule has 0 saturated heterocycles. The van der Waals surface area contributed by atoms with E-state index in [1.54, 1.807) is 23.9 Å². The number of aryl methyl sites for hydroxylation is 2. The van der Waals surface area contributed by atoms with E-state index in [4.69, 9.17) is 9.72 Å². The lowest BCUT2D eigenvalue weighted by molar-refractivity contribution is -0.137. The van der Waals surface area contributed by atoms with Gasteiger partial charge in [0.05, 0.1) is 18.7 Å². The summed E-state index contributed by atoms with van der Waals surface area (Å²) in [6.07, 6.45) is -2.79. The fourth-order valence-corrected chi connectivity index (χ4v) is 3.91. The maximum atomic E-state index is 13.0. The van der Waals surface area contributed by atoms with Gasteiger partial charge in [0.25, 0.3) is 0 Å². The van der Waals surface area contributed by atoms with Gasteiger partial charge >= 0.3 is 6.18 Å². The molecule has 0 aliphatic carbocycles. The van der Waals surface area contributed by atoms with Gasteiger partial charge in [-0.25, -0.2) is 4.68 Å². The molecule has 3 aromatic rings. The first kappa shape index (κ1) is 26.5. The van der Waals surface area contributed by atoms with Gasteiger partial charge in [-0.15, -0.1) is 17.5 Å². The lowest BCUT2D eigenvalue weighted by Gasteiger charge is -2.30. The van der Waals surface area contributed by atoms with Crippen molar-refractivity contribution in [3.63, 3.8) is 0 Å². The van der Waals surface area contributed by atoms with Crippen molar-refractivity contribution in [1.82, 2.24) is 14.8 Å². The summed E-state index contributed by atoms with van der Waals surface area (Å²) in [5.74, 6) is 2.06. The predicted molar refractivity (Wildman–Crippen MR) is 127 cm³/mol. The Kier molecular flexibility index (Phi) is 8.77. The zero-order valence-electron chi connectivity index (χ0n) is 19.5. The Bertz CT molecular complexity index is 1050. The number of alkyl halides is 3. The Hall–Kier alpha value is -2.74. The van der Waals surface area contributed by atoms with Crippen LogP contribution in [0.4, 0.5) is 19.1 Å². The van der Waals surface area contributed by atoms with Crippen LogP contribution in [0.5, 0.6) is 5.75 Å². The summed E-state index contributed by atoms with van der Waals surface area (Å²) in [6.45, 7) is 6.75. The largest absolute Gasteiger partial charge is 0.497 e. The van der Waals surface area contributed by atoms with Gasteiger partial charge in [0.2, 0.25) is 5.95 Å². The van der Waals surface area contributed by atoms with Gasteiger partial charge in [-0.2, -0.15) is 18.2 Å². The van der Waals surface area contributed by atoms with Crippen LogP contribution < -0.4 is 9.64 Å². The highest BCUT2D eigenvalue weighted by atomic mass is 35.5. The molecular formula is C24H30ClF3N4O. The topological polar surface area (TPSA) is 43.2 Å². The summed E-state index contributed by atoms with van der Waals surface area (Å²) in [6, 6.07) is 11.0. The van der Waals surface area contributed by atoms with E-state index in [1.807, 2.05) is 39.1 Å². The van der Waals surface area contributed by atoms with Crippen molar-refractivity contribution in [3.8, 4) is 17.1 Å². The number of benzene rings is 2. The maximum absolute atomic E-state index is 13.0. The Morgan fingerprint density at radius 2 is 1.76 bits per heavy atom. The molecule has 0 spiro atoms. The molecule has 3 rings (SSSR count). The summed E-state index contributed by atoms with van der Waals surface area (Å²) < 4.78 is 46.0. The number of ether oxygens (including phenoxy) is 1. The Morgan fingerprint density at radius 1 is 1.09 bits per heavy atom. The molecular weight excluding hydrogens is 453 g/mol. The van der Waals surface area contributed by atoms with Crippen LogP contribution in [0.15, 0.2) is 42.5 Å². The highest BCUT2D eigenvalue weighted by molar-refractivity contribution is 5.85. The van der Waals surface area contributed by atoms with Crippen LogP contribution in [0.25, 0.3) is 11.4 Å². The van der Waals surface area contributed by atoms with E-state index in [0.29, 0.717) is 18.9 Å². The fourth-order valence-electron chi connectivity index (χ4n) is 3.91. The number of hydrogen-bond donors (Lipinski definition) is 0. The summed E-state index contributed by atoms with van der Waals surface area (Å²) in [4.78, 5) is 6.90. The van der Waals surface area contributed by atoms with Crippen LogP contribution in [0, 0.1) is 6.92 Å². The minimum atomic E-state index is -4.35. The lowest BCUT2D eigenvalue weighted by atomic mass is 10.0. The minimum Gasteiger partial charge on any atom is -0.497 e. The summed E-state index contributed by atoms with van der Waals surface area (Å²) in [5, 5.41) is 4.66. The quantitative estimate of drug-likeness (QED) is 0.362. The molecule has 0 radical (unpaired) electrons. The minimum absolute atomic E-state index is 0. The molecule has 180 valence electrons. The predicted octanol–water partition coefficient (Wildman–Crippen LogP) is 6.61. The van der Waals surface area contributed by atoms with E-state index in [9.17, 15) is 13.2 Å². The first-order chi connectivity index (χ1) is 15.2. The normalized spacial score (nSPS) is 12.2. The number of rotatable bonds is 8. The standard InChI is InChI=1S/C24H29F3N4O.ClH/c1-6-14-31(21(7-2)17-8-10-18(11-9-17)24(25,26)27)23-28-22(30(4)29-23)20-13-12-19(32-5)15-16(20)3;/h8-13,15,21H,6-7,14H2,1-5H3;1H/t21-;/m0./s1. The van der Waals surface area contributed by atoms with Crippen LogP contribution in [0.1, 0.15) is 49.4 Å². The molecule has 1 atom stereocenters. The molecule has 0 amide bonds. The van der Waals surface area contributed by atoms with Crippen molar-refractivity contribution in [2.75, 3.05) is 18.6 Å². The molecule has 0 aliphatic heterocycles. The van der Waals surface area contributed by atoms with E-state index in [0.717, 1.165) is 46.8 Å². The molecule has 1 aromatic heterocycles. The van der Waals surface area contributed by atoms with Gasteiger partial charge in [-0.1, -0.05) is 26.0 Å². The van der Waals surface area contributed by atoms with Crippen molar-refractivity contribution in [3.05, 3.63) is 59.2 Å². The number of aromatic nitrogens is 3. The molecule has 5 nitrogen and oxygen atoms in total. The first-order valence-corrected chi connectivity index (χ1v) is 10.7. The van der Waals surface area contributed by atoms with Crippen molar-refractivity contribution in [1.29, 1.82) is 0 Å². The molecule has 0 saturated carbocycles. The molecule has 1 heterocycles. The van der Waals surface area contributed by atoms with Crippen molar-refractivity contribution in [2.45, 2.75) is 45.8 Å². The second-order valence-electron chi connectivity index (χ2n) is 7.78. The van der Waals surface area contributed by atoms with Crippen LogP contribution in [-0.2, 0) is 13.2 Å². The lowest BCUT2D eigenvalue weighted by Crippen LogP contribution is -2.30. The summed E-state index contributed by atoms with van der Waals surface area (Å²) >= 11 is 0. The third-order valence-electron chi connectivity index (χ3n) is 5.53. The zero-order chi connectivity index (χ0) is 23.5. The van der Waals surface area contributed by atoms with Crippen LogP contribution in [-0.4, -0.2) is 28.4 Å². The van der Waals surface area contributed by atoms with E-state index in [-0.39, 0.29) is 18.4 Å². The second-order valence-corrected chi connectivity index (χ2v) is 7.78. The zero-order valence-corrected chi connectivity index (χ0v) is 20.3. The highest BCUT2D eigenvalue weighted by Crippen LogP contribution is 2.34. The van der Waals surface area contributed by atoms with Crippen molar-refractivity contribution in [2.24, 2.45) is 7.05 Å². The average Bonchev–Trinajstić information content (AvgIpc) is 3.14. The van der Waals surface area contributed by atoms with Crippen LogP contribution in [0.3, 0.4) is 0 Å². The van der Waals surface area contributed by atoms with E-state index in [2.05, 4.69) is 16.9 Å². The summed E-state index contributed by atoms with van der Waals surface area (Å²) in [5.41, 5.74) is 2.13. The highest BCUT2D eigenvalue weighted by Gasteiger charge is 2.31. The van der Waals surface area contributed by atoms with Crippen LogP contribution in [0.2, 0.25) is 0 Å². The number of halogens is 4. The van der Waals surface area contributed by atoms with Gasteiger partial charge in [-0.05, 0) is 61.2 Å². The van der Waals surface area contributed by atoms with Crippen molar-refractivity contribution < 1.29 is 17.9 Å².